The molecule has 1 saturated carbocycles. The predicted molar refractivity (Wildman–Crippen MR) is 95.8 cm³/mol. The van der Waals surface area contributed by atoms with E-state index in [0.717, 1.165) is 36.4 Å². The van der Waals surface area contributed by atoms with E-state index in [1.54, 1.807) is 23.7 Å². The molecule has 2 aromatic rings. The highest BCUT2D eigenvalue weighted by Crippen LogP contribution is 2.58. The highest BCUT2D eigenvalue weighted by Gasteiger charge is 2.61. The van der Waals surface area contributed by atoms with E-state index in [4.69, 9.17) is 0 Å². The van der Waals surface area contributed by atoms with Crippen molar-refractivity contribution in [1.29, 1.82) is 0 Å². The number of pyridine rings is 1. The minimum atomic E-state index is 0.0180. The van der Waals surface area contributed by atoms with Gasteiger partial charge in [0.05, 0.1) is 6.42 Å². The van der Waals surface area contributed by atoms with Crippen molar-refractivity contribution in [2.24, 2.45) is 11.3 Å². The third kappa shape index (κ3) is 3.44. The lowest BCUT2D eigenvalue weighted by Crippen LogP contribution is -2.32. The van der Waals surface area contributed by atoms with Crippen LogP contribution in [0.2, 0.25) is 0 Å². The maximum atomic E-state index is 12.4. The van der Waals surface area contributed by atoms with Gasteiger partial charge in [0.1, 0.15) is 0 Å². The smallest absolute Gasteiger partial charge is 0.227 e. The summed E-state index contributed by atoms with van der Waals surface area (Å²) in [7, 11) is 0. The summed E-state index contributed by atoms with van der Waals surface area (Å²) in [6, 6.07) is 7.80. The van der Waals surface area contributed by atoms with Gasteiger partial charge >= 0.3 is 0 Å². The van der Waals surface area contributed by atoms with Gasteiger partial charge in [0.25, 0.3) is 0 Å². The van der Waals surface area contributed by atoms with Crippen LogP contribution in [-0.4, -0.2) is 34.8 Å². The zero-order chi connectivity index (χ0) is 17.3. The fraction of sp³-hybridized carbons (Fsp3) is 0.421. The second-order valence-corrected chi connectivity index (χ2v) is 8.05. The van der Waals surface area contributed by atoms with Crippen molar-refractivity contribution in [1.82, 2.24) is 15.2 Å². The number of thiophene rings is 1. The average Bonchev–Trinajstić information content (AvgIpc) is 2.96. The van der Waals surface area contributed by atoms with E-state index in [9.17, 15) is 9.59 Å². The summed E-state index contributed by atoms with van der Waals surface area (Å²) in [6.45, 7) is 2.01. The maximum absolute atomic E-state index is 12.4. The van der Waals surface area contributed by atoms with Crippen LogP contribution < -0.4 is 5.32 Å². The molecule has 2 aliphatic rings. The van der Waals surface area contributed by atoms with E-state index in [1.807, 2.05) is 34.5 Å². The number of carbonyl (C=O) groups is 2. The molecule has 1 saturated heterocycles. The Morgan fingerprint density at radius 3 is 3.04 bits per heavy atom. The molecule has 2 fully saturated rings. The van der Waals surface area contributed by atoms with Gasteiger partial charge in [-0.3, -0.25) is 14.6 Å². The minimum Gasteiger partial charge on any atom is -0.352 e. The first-order chi connectivity index (χ1) is 12.2. The van der Waals surface area contributed by atoms with Gasteiger partial charge in [-0.25, -0.2) is 0 Å². The largest absolute Gasteiger partial charge is 0.352 e. The molecule has 2 aromatic heterocycles. The zero-order valence-electron chi connectivity index (χ0n) is 14.0. The fourth-order valence-electron chi connectivity index (χ4n) is 3.77. The lowest BCUT2D eigenvalue weighted by Gasteiger charge is -2.16. The predicted octanol–water partition coefficient (Wildman–Crippen LogP) is 2.24. The third-order valence-electron chi connectivity index (χ3n) is 5.34. The first-order valence-corrected chi connectivity index (χ1v) is 9.51. The summed E-state index contributed by atoms with van der Waals surface area (Å²) >= 11 is 1.62. The number of nitrogens with zero attached hydrogens (tertiary/aromatic N) is 2. The third-order valence-corrected chi connectivity index (χ3v) is 6.22. The number of aromatic nitrogens is 1. The van der Waals surface area contributed by atoms with Crippen LogP contribution in [0.25, 0.3) is 0 Å². The van der Waals surface area contributed by atoms with Gasteiger partial charge in [-0.1, -0.05) is 12.1 Å². The van der Waals surface area contributed by atoms with Crippen LogP contribution >= 0.6 is 11.3 Å². The van der Waals surface area contributed by atoms with Gasteiger partial charge in [-0.15, -0.1) is 11.3 Å². The van der Waals surface area contributed by atoms with Crippen LogP contribution in [0, 0.1) is 11.3 Å². The van der Waals surface area contributed by atoms with Gasteiger partial charge in [0.15, 0.2) is 0 Å². The molecule has 6 heteroatoms. The van der Waals surface area contributed by atoms with Gasteiger partial charge in [-0.05, 0) is 35.9 Å². The van der Waals surface area contributed by atoms with Gasteiger partial charge < -0.3 is 10.2 Å². The Labute approximate surface area is 151 Å². The number of hydrogen-bond acceptors (Lipinski definition) is 4. The van der Waals surface area contributed by atoms with E-state index < -0.39 is 0 Å². The van der Waals surface area contributed by atoms with Gasteiger partial charge in [-0.2, -0.15) is 0 Å². The minimum absolute atomic E-state index is 0.0180. The van der Waals surface area contributed by atoms with Crippen LogP contribution in [0.15, 0.2) is 42.0 Å². The molecule has 130 valence electrons. The fourth-order valence-corrected chi connectivity index (χ4v) is 4.46. The van der Waals surface area contributed by atoms with Crippen LogP contribution in [-0.2, 0) is 22.6 Å². The molecule has 25 heavy (non-hydrogen) atoms. The van der Waals surface area contributed by atoms with Crippen LogP contribution in [0.3, 0.4) is 0 Å². The lowest BCUT2D eigenvalue weighted by molar-refractivity contribution is -0.130. The Hall–Kier alpha value is -2.21. The molecule has 1 N–H and O–H groups in total. The zero-order valence-corrected chi connectivity index (χ0v) is 14.8. The average molecular weight is 355 g/mol. The summed E-state index contributed by atoms with van der Waals surface area (Å²) in [5, 5.41) is 5.01. The molecular formula is C19H21N3O2S. The number of rotatable bonds is 5. The highest BCUT2D eigenvalue weighted by molar-refractivity contribution is 7.10. The molecule has 4 rings (SSSR count). The van der Waals surface area contributed by atoms with Gasteiger partial charge in [0, 0.05) is 48.2 Å². The van der Waals surface area contributed by atoms with Gasteiger partial charge in [0.2, 0.25) is 11.8 Å². The Morgan fingerprint density at radius 1 is 1.36 bits per heavy atom. The number of likely N-dealkylation sites (tertiary alicyclic amines) is 1. The number of nitrogens with one attached hydrogen (secondary N) is 1. The maximum Gasteiger partial charge on any atom is 0.227 e. The molecule has 0 aromatic carbocycles. The standard InChI is InChI=1S/C19H21N3O2S/c23-17(9-15-4-2-8-25-15)22-7-5-19(13-22)10-16(19)18(24)21-12-14-3-1-6-20-11-14/h1-4,6,8,11,16H,5,7,9-10,12-13H2,(H,21,24)/t16-,19-/m0/s1. The summed E-state index contributed by atoms with van der Waals surface area (Å²) in [5.41, 5.74) is 1.02. The molecule has 1 aliphatic carbocycles. The molecule has 5 nitrogen and oxygen atoms in total. The first kappa shape index (κ1) is 16.3. The van der Waals surface area contributed by atoms with Crippen molar-refractivity contribution in [3.05, 3.63) is 52.5 Å². The number of carbonyl (C=O) groups excluding carboxylic acids is 2. The first-order valence-electron chi connectivity index (χ1n) is 8.63. The van der Waals surface area contributed by atoms with Crippen molar-refractivity contribution in [2.45, 2.75) is 25.8 Å². The van der Waals surface area contributed by atoms with E-state index in [-0.39, 0.29) is 23.1 Å². The van der Waals surface area contributed by atoms with E-state index in [2.05, 4.69) is 10.3 Å². The topological polar surface area (TPSA) is 62.3 Å². The number of hydrogen-bond donors (Lipinski definition) is 1. The van der Waals surface area contributed by atoms with Crippen LogP contribution in [0.1, 0.15) is 23.3 Å². The molecule has 3 heterocycles. The van der Waals surface area contributed by atoms with Crippen LogP contribution in [0.5, 0.6) is 0 Å². The Bertz CT molecular complexity index is 762. The SMILES string of the molecule is O=C(NCc1cccnc1)[C@@H]1C[C@]12CCN(C(=O)Cc1cccs1)C2. The Kier molecular flexibility index (Phi) is 4.29. The van der Waals surface area contributed by atoms with Crippen molar-refractivity contribution in [2.75, 3.05) is 13.1 Å². The summed E-state index contributed by atoms with van der Waals surface area (Å²) in [4.78, 5) is 32.0. The molecule has 0 radical (unpaired) electrons. The lowest BCUT2D eigenvalue weighted by atomic mass is 10.0. The summed E-state index contributed by atoms with van der Waals surface area (Å²) in [6.07, 6.45) is 5.81. The summed E-state index contributed by atoms with van der Waals surface area (Å²) < 4.78 is 0. The van der Waals surface area contributed by atoms with E-state index in [0.29, 0.717) is 13.0 Å². The molecule has 0 bridgehead atoms. The second kappa shape index (κ2) is 6.59. The molecule has 2 atom stereocenters. The quantitative estimate of drug-likeness (QED) is 0.895. The molecule has 1 aliphatic heterocycles. The molecular weight excluding hydrogens is 334 g/mol. The Balaban J connectivity index is 1.28. The molecule has 1 spiro atoms. The number of amides is 2. The second-order valence-electron chi connectivity index (χ2n) is 7.02. The monoisotopic (exact) mass is 355 g/mol. The Morgan fingerprint density at radius 2 is 2.28 bits per heavy atom. The van der Waals surface area contributed by atoms with E-state index in [1.165, 1.54) is 0 Å². The van der Waals surface area contributed by atoms with Crippen molar-refractivity contribution in [3.8, 4) is 0 Å². The summed E-state index contributed by atoms with van der Waals surface area (Å²) in [5.74, 6) is 0.334. The van der Waals surface area contributed by atoms with E-state index >= 15 is 0 Å². The molecule has 2 amide bonds. The van der Waals surface area contributed by atoms with Crippen LogP contribution in [0.4, 0.5) is 0 Å². The van der Waals surface area contributed by atoms with Crippen molar-refractivity contribution < 1.29 is 9.59 Å². The van der Waals surface area contributed by atoms with Crippen molar-refractivity contribution >= 4 is 23.2 Å². The highest BCUT2D eigenvalue weighted by atomic mass is 32.1. The normalized spacial score (nSPS) is 24.5. The molecule has 0 unspecified atom stereocenters. The van der Waals surface area contributed by atoms with Crippen molar-refractivity contribution in [3.63, 3.8) is 0 Å².